The van der Waals surface area contributed by atoms with Crippen molar-refractivity contribution >= 4 is 21.8 Å². The molecule has 0 bridgehead atoms. The van der Waals surface area contributed by atoms with Crippen molar-refractivity contribution in [3.63, 3.8) is 0 Å². The van der Waals surface area contributed by atoms with Crippen LogP contribution in [0.25, 0.3) is 0 Å². The van der Waals surface area contributed by atoms with Gasteiger partial charge in [0.15, 0.2) is 0 Å². The van der Waals surface area contributed by atoms with Gasteiger partial charge in [0.2, 0.25) is 21.8 Å². The normalized spacial score (nSPS) is 21.9. The van der Waals surface area contributed by atoms with Gasteiger partial charge in [0.25, 0.3) is 0 Å². The molecule has 0 saturated carbocycles. The van der Waals surface area contributed by atoms with Gasteiger partial charge in [0.1, 0.15) is 5.54 Å². The number of hydrogen-bond donors (Lipinski definition) is 2. The van der Waals surface area contributed by atoms with Gasteiger partial charge in [0.05, 0.1) is 12.3 Å². The van der Waals surface area contributed by atoms with Crippen LogP contribution in [-0.2, 0) is 19.6 Å². The molecule has 8 heteroatoms. The highest BCUT2D eigenvalue weighted by Gasteiger charge is 2.46. The third kappa shape index (κ3) is 2.23. The summed E-state index contributed by atoms with van der Waals surface area (Å²) in [6.45, 7) is 2.50. The lowest BCUT2D eigenvalue weighted by atomic mass is 10.0. The van der Waals surface area contributed by atoms with Gasteiger partial charge in [-0.05, 0) is 13.8 Å². The summed E-state index contributed by atoms with van der Waals surface area (Å²) >= 11 is 0. The Labute approximate surface area is 94.0 Å². The second-order valence-electron chi connectivity index (χ2n) is 4.05. The Kier molecular flexibility index (Phi) is 3.36. The summed E-state index contributed by atoms with van der Waals surface area (Å²) in [6, 6.07) is 0. The van der Waals surface area contributed by atoms with Crippen molar-refractivity contribution in [2.45, 2.75) is 19.4 Å². The first-order valence-corrected chi connectivity index (χ1v) is 6.37. The largest absolute Gasteiger partial charge is 0.329 e. The van der Waals surface area contributed by atoms with Crippen LogP contribution in [0, 0.1) is 0 Å². The first kappa shape index (κ1) is 13.1. The summed E-state index contributed by atoms with van der Waals surface area (Å²) in [4.78, 5) is 22.7. The third-order valence-electron chi connectivity index (χ3n) is 2.43. The van der Waals surface area contributed by atoms with Crippen LogP contribution in [0.2, 0.25) is 0 Å². The third-order valence-corrected chi connectivity index (χ3v) is 4.44. The highest BCUT2D eigenvalue weighted by molar-refractivity contribution is 7.89. The van der Waals surface area contributed by atoms with Crippen LogP contribution in [0.3, 0.4) is 0 Å². The molecule has 0 spiro atoms. The van der Waals surface area contributed by atoms with Gasteiger partial charge in [-0.1, -0.05) is 0 Å². The summed E-state index contributed by atoms with van der Waals surface area (Å²) < 4.78 is 24.5. The Morgan fingerprint density at radius 3 is 2.50 bits per heavy atom. The van der Waals surface area contributed by atoms with Crippen LogP contribution < -0.4 is 11.1 Å². The zero-order valence-corrected chi connectivity index (χ0v) is 10.0. The Morgan fingerprint density at radius 2 is 2.00 bits per heavy atom. The number of carbonyl (C=O) groups excluding carboxylic acids is 2. The van der Waals surface area contributed by atoms with Crippen molar-refractivity contribution < 1.29 is 18.0 Å². The topological polar surface area (TPSA) is 110 Å². The number of imide groups is 1. The Hall–Kier alpha value is -0.990. The molecule has 16 heavy (non-hydrogen) atoms. The fourth-order valence-electron chi connectivity index (χ4n) is 1.47. The monoisotopic (exact) mass is 249 g/mol. The molecule has 0 unspecified atom stereocenters. The van der Waals surface area contributed by atoms with Gasteiger partial charge in [-0.3, -0.25) is 14.9 Å². The zero-order valence-electron chi connectivity index (χ0n) is 9.19. The van der Waals surface area contributed by atoms with Crippen molar-refractivity contribution in [2.75, 3.05) is 18.8 Å². The number of nitrogens with two attached hydrogens (primary N) is 1. The van der Waals surface area contributed by atoms with Gasteiger partial charge in [0, 0.05) is 6.54 Å². The van der Waals surface area contributed by atoms with E-state index in [-0.39, 0.29) is 18.8 Å². The Bertz CT molecular complexity index is 415. The minimum atomic E-state index is -3.68. The van der Waals surface area contributed by atoms with Crippen LogP contribution in [0.5, 0.6) is 0 Å². The average Bonchev–Trinajstić information content (AvgIpc) is 2.11. The lowest BCUT2D eigenvalue weighted by Crippen LogP contribution is -2.65. The molecular formula is C8H15N3O4S. The molecule has 7 nitrogen and oxygen atoms in total. The second-order valence-corrected chi connectivity index (χ2v) is 6.06. The van der Waals surface area contributed by atoms with E-state index in [1.807, 2.05) is 0 Å². The summed E-state index contributed by atoms with van der Waals surface area (Å²) in [5.41, 5.74) is 3.93. The van der Waals surface area contributed by atoms with Gasteiger partial charge in [-0.2, -0.15) is 4.31 Å². The summed E-state index contributed by atoms with van der Waals surface area (Å²) in [7, 11) is -3.68. The van der Waals surface area contributed by atoms with E-state index in [9.17, 15) is 18.0 Å². The molecule has 3 N–H and O–H groups in total. The molecule has 2 amide bonds. The molecule has 1 saturated heterocycles. The van der Waals surface area contributed by atoms with Gasteiger partial charge < -0.3 is 5.73 Å². The summed E-state index contributed by atoms with van der Waals surface area (Å²) in [6.07, 6.45) is 0. The standard InChI is InChI=1S/C8H15N3O4S/c1-8(2)7(13)10-6(12)5-11(8)16(14,15)4-3-9/h3-5,9H2,1-2H3,(H,10,12,13). The molecule has 0 aromatic carbocycles. The molecule has 1 heterocycles. The number of rotatable bonds is 3. The SMILES string of the molecule is CC1(C)C(=O)NC(=O)CN1S(=O)(=O)CCN. The minimum Gasteiger partial charge on any atom is -0.329 e. The number of amides is 2. The predicted molar refractivity (Wildman–Crippen MR) is 56.8 cm³/mol. The first-order valence-electron chi connectivity index (χ1n) is 4.76. The molecular weight excluding hydrogens is 234 g/mol. The number of nitrogens with zero attached hydrogens (tertiary/aromatic N) is 1. The molecule has 1 aliphatic rings. The molecule has 0 radical (unpaired) electrons. The molecule has 0 atom stereocenters. The molecule has 1 aliphatic heterocycles. The smallest absolute Gasteiger partial charge is 0.247 e. The fraction of sp³-hybridized carbons (Fsp3) is 0.750. The maximum Gasteiger partial charge on any atom is 0.247 e. The molecule has 1 rings (SSSR count). The molecule has 0 aromatic rings. The minimum absolute atomic E-state index is 0.0509. The van der Waals surface area contributed by atoms with E-state index in [2.05, 4.69) is 5.32 Å². The Morgan fingerprint density at radius 1 is 1.44 bits per heavy atom. The second kappa shape index (κ2) is 4.11. The predicted octanol–water partition coefficient (Wildman–Crippen LogP) is -1.99. The van der Waals surface area contributed by atoms with E-state index in [1.54, 1.807) is 0 Å². The van der Waals surface area contributed by atoms with Gasteiger partial charge >= 0.3 is 0 Å². The number of nitrogens with one attached hydrogen (secondary N) is 1. The molecule has 92 valence electrons. The Balaban J connectivity index is 3.10. The lowest BCUT2D eigenvalue weighted by Gasteiger charge is -2.38. The quantitative estimate of drug-likeness (QED) is 0.563. The highest BCUT2D eigenvalue weighted by Crippen LogP contribution is 2.21. The molecule has 0 aromatic heterocycles. The van der Waals surface area contributed by atoms with Crippen LogP contribution in [-0.4, -0.2) is 48.9 Å². The van der Waals surface area contributed by atoms with Crippen LogP contribution in [0.1, 0.15) is 13.8 Å². The first-order chi connectivity index (χ1) is 7.21. The van der Waals surface area contributed by atoms with Crippen molar-refractivity contribution in [3.05, 3.63) is 0 Å². The number of piperazine rings is 1. The number of sulfonamides is 1. The van der Waals surface area contributed by atoms with E-state index in [0.717, 1.165) is 4.31 Å². The van der Waals surface area contributed by atoms with E-state index in [4.69, 9.17) is 5.73 Å². The summed E-state index contributed by atoms with van der Waals surface area (Å²) in [5, 5.41) is 2.10. The van der Waals surface area contributed by atoms with E-state index < -0.39 is 27.4 Å². The van der Waals surface area contributed by atoms with Crippen molar-refractivity contribution in [1.82, 2.24) is 9.62 Å². The zero-order chi connectivity index (χ0) is 12.6. The maximum atomic E-state index is 11.8. The molecule has 0 aliphatic carbocycles. The van der Waals surface area contributed by atoms with Gasteiger partial charge in [-0.25, -0.2) is 8.42 Å². The fourth-order valence-corrected chi connectivity index (χ4v) is 3.08. The van der Waals surface area contributed by atoms with Crippen LogP contribution >= 0.6 is 0 Å². The van der Waals surface area contributed by atoms with E-state index in [1.165, 1.54) is 13.8 Å². The average molecular weight is 249 g/mol. The number of carbonyl (C=O) groups is 2. The van der Waals surface area contributed by atoms with E-state index >= 15 is 0 Å². The lowest BCUT2D eigenvalue weighted by molar-refractivity contribution is -0.141. The number of hydrogen-bond acceptors (Lipinski definition) is 5. The summed E-state index contributed by atoms with van der Waals surface area (Å²) in [5.74, 6) is -1.52. The highest BCUT2D eigenvalue weighted by atomic mass is 32.2. The maximum absolute atomic E-state index is 11.8. The van der Waals surface area contributed by atoms with Crippen molar-refractivity contribution in [1.29, 1.82) is 0 Å². The van der Waals surface area contributed by atoms with E-state index in [0.29, 0.717) is 0 Å². The molecule has 1 fully saturated rings. The van der Waals surface area contributed by atoms with Crippen molar-refractivity contribution in [2.24, 2.45) is 5.73 Å². The van der Waals surface area contributed by atoms with Crippen LogP contribution in [0.15, 0.2) is 0 Å². The van der Waals surface area contributed by atoms with Crippen molar-refractivity contribution in [3.8, 4) is 0 Å². The van der Waals surface area contributed by atoms with Crippen LogP contribution in [0.4, 0.5) is 0 Å². The van der Waals surface area contributed by atoms with Gasteiger partial charge in [-0.15, -0.1) is 0 Å².